The van der Waals surface area contributed by atoms with E-state index in [1.807, 2.05) is 0 Å². The van der Waals surface area contributed by atoms with Crippen molar-refractivity contribution in [3.8, 4) is 0 Å². The second kappa shape index (κ2) is 7.20. The van der Waals surface area contributed by atoms with Crippen LogP contribution in [-0.2, 0) is 0 Å². The summed E-state index contributed by atoms with van der Waals surface area (Å²) in [5.74, 6) is -0.808. The Morgan fingerprint density at radius 1 is 1.21 bits per heavy atom. The normalized spacial score (nSPS) is 15.1. The second-order valence-corrected chi connectivity index (χ2v) is 7.06. The number of benzene rings is 1. The largest absolute Gasteiger partial charge is 0.338 e. The summed E-state index contributed by atoms with van der Waals surface area (Å²) in [5.41, 5.74) is -0.415. The molecule has 1 amide bonds. The Morgan fingerprint density at radius 3 is 2.68 bits per heavy atom. The van der Waals surface area contributed by atoms with Crippen molar-refractivity contribution in [2.75, 3.05) is 13.1 Å². The van der Waals surface area contributed by atoms with Crippen molar-refractivity contribution in [1.82, 2.24) is 19.4 Å². The molecule has 3 heterocycles. The maximum absolute atomic E-state index is 13.2. The lowest BCUT2D eigenvalue weighted by Crippen LogP contribution is -2.45. The Bertz CT molecular complexity index is 1180. The van der Waals surface area contributed by atoms with Gasteiger partial charge in [-0.05, 0) is 43.2 Å². The Morgan fingerprint density at radius 2 is 1.96 bits per heavy atom. The highest BCUT2D eigenvalue weighted by molar-refractivity contribution is 6.33. The van der Waals surface area contributed by atoms with Gasteiger partial charge in [-0.25, -0.2) is 14.2 Å². The van der Waals surface area contributed by atoms with Gasteiger partial charge in [-0.2, -0.15) is 0 Å². The number of nitrogens with zero attached hydrogens (tertiary/aromatic N) is 3. The molecule has 0 unspecified atom stereocenters. The Balaban J connectivity index is 1.56. The molecule has 0 radical (unpaired) electrons. The van der Waals surface area contributed by atoms with Crippen LogP contribution in [0.4, 0.5) is 4.39 Å². The third kappa shape index (κ3) is 3.20. The molecule has 28 heavy (non-hydrogen) atoms. The lowest BCUT2D eigenvalue weighted by Gasteiger charge is -2.32. The summed E-state index contributed by atoms with van der Waals surface area (Å²) in [4.78, 5) is 46.0. The fraction of sp³-hybridized carbons (Fsp3) is 0.263. The van der Waals surface area contributed by atoms with E-state index in [0.29, 0.717) is 31.3 Å². The number of piperidine rings is 1. The molecule has 0 saturated carbocycles. The Kier molecular flexibility index (Phi) is 4.72. The molecule has 1 N–H and O–H groups in total. The zero-order chi connectivity index (χ0) is 19.8. The summed E-state index contributed by atoms with van der Waals surface area (Å²) in [5, 5.41) is 0.403. The van der Waals surface area contributed by atoms with E-state index < -0.39 is 17.1 Å². The summed E-state index contributed by atoms with van der Waals surface area (Å²) in [6.07, 6.45) is 2.39. The maximum Gasteiger partial charge on any atom is 0.330 e. The minimum absolute atomic E-state index is 0.0572. The van der Waals surface area contributed by atoms with Crippen LogP contribution in [0.5, 0.6) is 0 Å². The highest BCUT2D eigenvalue weighted by Gasteiger charge is 2.27. The van der Waals surface area contributed by atoms with E-state index in [2.05, 4.69) is 9.97 Å². The molecular weight excluding hydrogens is 387 g/mol. The highest BCUT2D eigenvalue weighted by atomic mass is 35.5. The number of pyridine rings is 1. The average Bonchev–Trinajstić information content (AvgIpc) is 2.68. The first kappa shape index (κ1) is 18.4. The molecule has 9 heteroatoms. The number of amides is 1. The molecule has 2 aromatic heterocycles. The van der Waals surface area contributed by atoms with Gasteiger partial charge in [0.15, 0.2) is 0 Å². The lowest BCUT2D eigenvalue weighted by atomic mass is 10.0. The quantitative estimate of drug-likeness (QED) is 0.712. The number of halogens is 2. The van der Waals surface area contributed by atoms with Crippen molar-refractivity contribution in [2.45, 2.75) is 18.9 Å². The van der Waals surface area contributed by atoms with Crippen molar-refractivity contribution >= 4 is 28.5 Å². The van der Waals surface area contributed by atoms with Crippen LogP contribution < -0.4 is 11.2 Å². The number of carbonyl (C=O) groups excluding carboxylic acids is 1. The number of rotatable bonds is 2. The van der Waals surface area contributed by atoms with Gasteiger partial charge in [0.05, 0.1) is 16.0 Å². The third-order valence-corrected chi connectivity index (χ3v) is 5.29. The SMILES string of the molecule is O=C(c1ccc(F)cc1Cl)N1CCC(n2c(=O)[nH]c3ncccc3c2=O)CC1. The third-order valence-electron chi connectivity index (χ3n) is 4.98. The van der Waals surface area contributed by atoms with Crippen molar-refractivity contribution in [2.24, 2.45) is 0 Å². The predicted molar refractivity (Wildman–Crippen MR) is 102 cm³/mol. The molecule has 0 atom stereocenters. The molecule has 3 aromatic rings. The summed E-state index contributed by atoms with van der Waals surface area (Å²) >= 11 is 5.98. The van der Waals surface area contributed by atoms with E-state index in [1.165, 1.54) is 22.9 Å². The van der Waals surface area contributed by atoms with Crippen LogP contribution in [0.2, 0.25) is 5.02 Å². The van der Waals surface area contributed by atoms with Gasteiger partial charge in [-0.1, -0.05) is 11.6 Å². The molecule has 1 aromatic carbocycles. The molecule has 1 aliphatic rings. The first-order valence-electron chi connectivity index (χ1n) is 8.79. The van der Waals surface area contributed by atoms with E-state index in [1.54, 1.807) is 17.0 Å². The van der Waals surface area contributed by atoms with Crippen molar-refractivity contribution < 1.29 is 9.18 Å². The van der Waals surface area contributed by atoms with E-state index in [4.69, 9.17) is 11.6 Å². The van der Waals surface area contributed by atoms with E-state index in [-0.39, 0.29) is 28.2 Å². The van der Waals surface area contributed by atoms with Crippen LogP contribution in [-0.4, -0.2) is 38.4 Å². The van der Waals surface area contributed by atoms with Crippen LogP contribution in [0.3, 0.4) is 0 Å². The zero-order valence-electron chi connectivity index (χ0n) is 14.7. The van der Waals surface area contributed by atoms with Crippen LogP contribution in [0.1, 0.15) is 29.2 Å². The van der Waals surface area contributed by atoms with Gasteiger partial charge in [0.25, 0.3) is 11.5 Å². The Hall–Kier alpha value is -3.00. The van der Waals surface area contributed by atoms with E-state index in [9.17, 15) is 18.8 Å². The molecule has 144 valence electrons. The first-order valence-corrected chi connectivity index (χ1v) is 9.17. The summed E-state index contributed by atoms with van der Waals surface area (Å²) in [6, 6.07) is 6.58. The van der Waals surface area contributed by atoms with Crippen LogP contribution in [0.25, 0.3) is 11.0 Å². The Labute approximate surface area is 163 Å². The van der Waals surface area contributed by atoms with Gasteiger partial charge < -0.3 is 4.90 Å². The first-order chi connectivity index (χ1) is 13.5. The van der Waals surface area contributed by atoms with Crippen molar-refractivity contribution in [3.63, 3.8) is 0 Å². The van der Waals surface area contributed by atoms with Gasteiger partial charge in [-0.15, -0.1) is 0 Å². The molecule has 0 aliphatic carbocycles. The van der Waals surface area contributed by atoms with Crippen molar-refractivity contribution in [3.05, 3.63) is 73.8 Å². The van der Waals surface area contributed by atoms with Gasteiger partial charge in [0.1, 0.15) is 11.5 Å². The maximum atomic E-state index is 13.2. The average molecular weight is 403 g/mol. The van der Waals surface area contributed by atoms with Crippen LogP contribution >= 0.6 is 11.6 Å². The fourth-order valence-corrected chi connectivity index (χ4v) is 3.80. The number of nitrogens with one attached hydrogen (secondary N) is 1. The molecule has 0 spiro atoms. The fourth-order valence-electron chi connectivity index (χ4n) is 3.55. The summed E-state index contributed by atoms with van der Waals surface area (Å²) in [6.45, 7) is 0.711. The van der Waals surface area contributed by atoms with Crippen molar-refractivity contribution in [1.29, 1.82) is 0 Å². The number of hydrogen-bond donors (Lipinski definition) is 1. The smallest absolute Gasteiger partial charge is 0.330 e. The van der Waals surface area contributed by atoms with Gasteiger partial charge in [0.2, 0.25) is 0 Å². The van der Waals surface area contributed by atoms with Gasteiger partial charge >= 0.3 is 5.69 Å². The molecule has 4 rings (SSSR count). The molecule has 1 saturated heterocycles. The zero-order valence-corrected chi connectivity index (χ0v) is 15.4. The number of carbonyl (C=O) groups is 1. The number of likely N-dealkylation sites (tertiary alicyclic amines) is 1. The predicted octanol–water partition coefficient (Wildman–Crippen LogP) is 2.35. The summed E-state index contributed by atoms with van der Waals surface area (Å²) < 4.78 is 14.4. The second-order valence-electron chi connectivity index (χ2n) is 6.65. The standard InChI is InChI=1S/C19H16ClFN4O3/c20-15-10-11(21)3-4-13(15)17(26)24-8-5-12(6-9-24)25-18(27)14-2-1-7-22-16(14)23-19(25)28/h1-4,7,10,12H,5-6,8-9H2,(H,22,23,28). The molecular formula is C19H16ClFN4O3. The number of hydrogen-bond acceptors (Lipinski definition) is 4. The molecule has 7 nitrogen and oxygen atoms in total. The summed E-state index contributed by atoms with van der Waals surface area (Å²) in [7, 11) is 0. The topological polar surface area (TPSA) is 88.1 Å². The van der Waals surface area contributed by atoms with Gasteiger partial charge in [-0.3, -0.25) is 19.1 Å². The molecule has 0 bridgehead atoms. The van der Waals surface area contributed by atoms with E-state index >= 15 is 0 Å². The van der Waals surface area contributed by atoms with E-state index in [0.717, 1.165) is 6.07 Å². The number of aromatic nitrogens is 3. The minimum atomic E-state index is -0.512. The molecule has 1 fully saturated rings. The van der Waals surface area contributed by atoms with Gasteiger partial charge in [0, 0.05) is 25.3 Å². The lowest BCUT2D eigenvalue weighted by molar-refractivity contribution is 0.0692. The highest BCUT2D eigenvalue weighted by Crippen LogP contribution is 2.24. The number of fused-ring (bicyclic) bond motifs is 1. The number of aromatic amines is 1. The minimum Gasteiger partial charge on any atom is -0.338 e. The monoisotopic (exact) mass is 402 g/mol. The molecule has 1 aliphatic heterocycles. The van der Waals surface area contributed by atoms with Crippen LogP contribution in [0, 0.1) is 5.82 Å². The number of H-pyrrole nitrogens is 1. The van der Waals surface area contributed by atoms with Crippen LogP contribution in [0.15, 0.2) is 46.1 Å².